The topological polar surface area (TPSA) is 88.4 Å². The molecule has 0 saturated carbocycles. The Bertz CT molecular complexity index is 609. The third kappa shape index (κ3) is 5.32. The number of sulfone groups is 1. The molecule has 0 bridgehead atoms. The fourth-order valence-electron chi connectivity index (χ4n) is 2.50. The minimum absolute atomic E-state index is 0.0267. The van der Waals surface area contributed by atoms with Crippen LogP contribution in [-0.4, -0.2) is 54.8 Å². The summed E-state index contributed by atoms with van der Waals surface area (Å²) < 4.78 is 24.8. The lowest BCUT2D eigenvalue weighted by atomic mass is 10.2. The smallest absolute Gasteiger partial charge is 0.191 e. The molecule has 1 fully saturated rings. The summed E-state index contributed by atoms with van der Waals surface area (Å²) in [5.74, 6) is 1.17. The van der Waals surface area contributed by atoms with Gasteiger partial charge in [0.15, 0.2) is 15.8 Å². The van der Waals surface area contributed by atoms with Crippen LogP contribution in [-0.2, 0) is 23.3 Å². The maximum atomic E-state index is 11.5. The summed E-state index contributed by atoms with van der Waals surface area (Å²) in [6.45, 7) is 3.45. The van der Waals surface area contributed by atoms with Crippen molar-refractivity contribution in [3.05, 3.63) is 18.0 Å². The van der Waals surface area contributed by atoms with Crippen molar-refractivity contribution in [1.82, 2.24) is 20.4 Å². The summed E-state index contributed by atoms with van der Waals surface area (Å²) in [5.41, 5.74) is 1.21. The van der Waals surface area contributed by atoms with Crippen molar-refractivity contribution < 1.29 is 8.42 Å². The molecule has 8 heteroatoms. The molecule has 2 N–H and O–H groups in total. The second kappa shape index (κ2) is 7.62. The van der Waals surface area contributed by atoms with Crippen LogP contribution in [0, 0.1) is 0 Å². The van der Waals surface area contributed by atoms with Crippen LogP contribution in [0.15, 0.2) is 17.4 Å². The van der Waals surface area contributed by atoms with Crippen LogP contribution in [0.2, 0.25) is 0 Å². The molecule has 22 heavy (non-hydrogen) atoms. The molecule has 1 aliphatic rings. The van der Waals surface area contributed by atoms with E-state index >= 15 is 0 Å². The molecule has 0 amide bonds. The SMILES string of the molecule is CCNC(=NCCCc1cnn(C)c1)NC1CCS(=O)(=O)C1. The van der Waals surface area contributed by atoms with Gasteiger partial charge in [0, 0.05) is 32.4 Å². The Hall–Kier alpha value is -1.57. The molecule has 0 aromatic carbocycles. The van der Waals surface area contributed by atoms with Gasteiger partial charge in [0.05, 0.1) is 17.7 Å². The highest BCUT2D eigenvalue weighted by Crippen LogP contribution is 2.11. The number of nitrogens with one attached hydrogen (secondary N) is 2. The number of aryl methyl sites for hydroxylation is 2. The van der Waals surface area contributed by atoms with Gasteiger partial charge in [-0.1, -0.05) is 0 Å². The zero-order valence-corrected chi connectivity index (χ0v) is 14.1. The molecule has 1 atom stereocenters. The minimum Gasteiger partial charge on any atom is -0.357 e. The molecule has 0 radical (unpaired) electrons. The average molecular weight is 327 g/mol. The van der Waals surface area contributed by atoms with E-state index in [2.05, 4.69) is 20.7 Å². The second-order valence-corrected chi connectivity index (χ2v) is 7.86. The molecule has 1 unspecified atom stereocenters. The lowest BCUT2D eigenvalue weighted by molar-refractivity contribution is 0.599. The Morgan fingerprint density at radius 3 is 2.95 bits per heavy atom. The van der Waals surface area contributed by atoms with Gasteiger partial charge in [0.25, 0.3) is 0 Å². The normalized spacial score (nSPS) is 21.0. The van der Waals surface area contributed by atoms with Crippen molar-refractivity contribution >= 4 is 15.8 Å². The van der Waals surface area contributed by atoms with Gasteiger partial charge in [-0.05, 0) is 31.7 Å². The summed E-state index contributed by atoms with van der Waals surface area (Å²) >= 11 is 0. The number of nitrogens with zero attached hydrogens (tertiary/aromatic N) is 3. The maximum absolute atomic E-state index is 11.5. The van der Waals surface area contributed by atoms with Crippen LogP contribution in [0.3, 0.4) is 0 Å². The van der Waals surface area contributed by atoms with Gasteiger partial charge in [-0.15, -0.1) is 0 Å². The molecule has 7 nitrogen and oxygen atoms in total. The van der Waals surface area contributed by atoms with Crippen molar-refractivity contribution in [2.45, 2.75) is 32.2 Å². The summed E-state index contributed by atoms with van der Waals surface area (Å²) in [4.78, 5) is 4.52. The fourth-order valence-corrected chi connectivity index (χ4v) is 4.17. The van der Waals surface area contributed by atoms with Crippen molar-refractivity contribution in [1.29, 1.82) is 0 Å². The van der Waals surface area contributed by atoms with Gasteiger partial charge in [0.2, 0.25) is 0 Å². The summed E-state index contributed by atoms with van der Waals surface area (Å²) in [6.07, 6.45) is 6.41. The van der Waals surface area contributed by atoms with Crippen molar-refractivity contribution in [2.24, 2.45) is 12.0 Å². The Balaban J connectivity index is 1.79. The first-order valence-electron chi connectivity index (χ1n) is 7.71. The predicted octanol–water partition coefficient (Wildman–Crippen LogP) is 0.0949. The van der Waals surface area contributed by atoms with E-state index in [1.54, 1.807) is 4.68 Å². The standard InChI is InChI=1S/C14H25N5O2S/c1-3-15-14(18-13-6-8-22(20,21)11-13)16-7-4-5-12-9-17-19(2)10-12/h9-10,13H,3-8,11H2,1-2H3,(H2,15,16,18). The van der Waals surface area contributed by atoms with Crippen LogP contribution in [0.5, 0.6) is 0 Å². The van der Waals surface area contributed by atoms with E-state index in [0.717, 1.165) is 19.4 Å². The Morgan fingerprint density at radius 1 is 1.55 bits per heavy atom. The first-order chi connectivity index (χ1) is 10.5. The summed E-state index contributed by atoms with van der Waals surface area (Å²) in [5, 5.41) is 10.5. The van der Waals surface area contributed by atoms with E-state index < -0.39 is 9.84 Å². The highest BCUT2D eigenvalue weighted by molar-refractivity contribution is 7.91. The maximum Gasteiger partial charge on any atom is 0.191 e. The molecule has 1 aromatic heterocycles. The predicted molar refractivity (Wildman–Crippen MR) is 87.7 cm³/mol. The van der Waals surface area contributed by atoms with E-state index in [4.69, 9.17) is 0 Å². The summed E-state index contributed by atoms with van der Waals surface area (Å²) in [7, 11) is -0.962. The molecule has 124 valence electrons. The highest BCUT2D eigenvalue weighted by Gasteiger charge is 2.28. The third-order valence-corrected chi connectivity index (χ3v) is 5.34. The van der Waals surface area contributed by atoms with E-state index in [9.17, 15) is 8.42 Å². The van der Waals surface area contributed by atoms with Gasteiger partial charge in [-0.2, -0.15) is 5.10 Å². The Labute approximate surface area is 132 Å². The third-order valence-electron chi connectivity index (χ3n) is 3.57. The fraction of sp³-hybridized carbons (Fsp3) is 0.714. The Morgan fingerprint density at radius 2 is 2.36 bits per heavy atom. The van der Waals surface area contributed by atoms with E-state index in [1.807, 2.05) is 26.4 Å². The van der Waals surface area contributed by atoms with Gasteiger partial charge < -0.3 is 10.6 Å². The number of hydrogen-bond acceptors (Lipinski definition) is 4. The van der Waals surface area contributed by atoms with E-state index in [0.29, 0.717) is 18.9 Å². The number of hydrogen-bond donors (Lipinski definition) is 2. The van der Waals surface area contributed by atoms with E-state index in [1.165, 1.54) is 5.56 Å². The lowest BCUT2D eigenvalue weighted by Gasteiger charge is -2.15. The molecule has 2 rings (SSSR count). The number of guanidine groups is 1. The van der Waals surface area contributed by atoms with Crippen molar-refractivity contribution in [2.75, 3.05) is 24.6 Å². The number of rotatable bonds is 6. The van der Waals surface area contributed by atoms with Crippen LogP contribution >= 0.6 is 0 Å². The minimum atomic E-state index is -2.87. The van der Waals surface area contributed by atoms with Crippen molar-refractivity contribution in [3.63, 3.8) is 0 Å². The van der Waals surface area contributed by atoms with Crippen LogP contribution in [0.1, 0.15) is 25.3 Å². The largest absolute Gasteiger partial charge is 0.357 e. The first-order valence-corrected chi connectivity index (χ1v) is 9.53. The molecule has 1 saturated heterocycles. The molecule has 1 aliphatic heterocycles. The zero-order chi connectivity index (χ0) is 16.0. The molecule has 1 aromatic rings. The van der Waals surface area contributed by atoms with Gasteiger partial charge in [0.1, 0.15) is 0 Å². The monoisotopic (exact) mass is 327 g/mol. The van der Waals surface area contributed by atoms with Gasteiger partial charge >= 0.3 is 0 Å². The molecule has 0 spiro atoms. The van der Waals surface area contributed by atoms with Gasteiger partial charge in [-0.25, -0.2) is 8.42 Å². The Kier molecular flexibility index (Phi) is 5.82. The van der Waals surface area contributed by atoms with E-state index in [-0.39, 0.29) is 17.5 Å². The summed E-state index contributed by atoms with van der Waals surface area (Å²) in [6, 6.07) is -0.0267. The number of aliphatic imine (C=N–C) groups is 1. The van der Waals surface area contributed by atoms with Crippen molar-refractivity contribution in [3.8, 4) is 0 Å². The van der Waals surface area contributed by atoms with Crippen LogP contribution in [0.25, 0.3) is 0 Å². The second-order valence-electron chi connectivity index (χ2n) is 5.63. The highest BCUT2D eigenvalue weighted by atomic mass is 32.2. The van der Waals surface area contributed by atoms with Crippen LogP contribution in [0.4, 0.5) is 0 Å². The van der Waals surface area contributed by atoms with Crippen LogP contribution < -0.4 is 10.6 Å². The zero-order valence-electron chi connectivity index (χ0n) is 13.2. The van der Waals surface area contributed by atoms with Gasteiger partial charge in [-0.3, -0.25) is 9.67 Å². The first kappa shape index (κ1) is 16.8. The molecular formula is C14H25N5O2S. The lowest BCUT2D eigenvalue weighted by Crippen LogP contribution is -2.44. The average Bonchev–Trinajstić information content (AvgIpc) is 3.00. The molecular weight excluding hydrogens is 302 g/mol. The molecule has 0 aliphatic carbocycles. The quantitative estimate of drug-likeness (QED) is 0.439. The molecule has 2 heterocycles. The number of aromatic nitrogens is 2.